The van der Waals surface area contributed by atoms with E-state index < -0.39 is 16.9 Å². The number of esters is 2. The molecular weight excluding hydrogens is 258 g/mol. The van der Waals surface area contributed by atoms with E-state index in [0.29, 0.717) is 0 Å². The molecule has 20 heavy (non-hydrogen) atoms. The van der Waals surface area contributed by atoms with Gasteiger partial charge >= 0.3 is 11.9 Å². The maximum atomic E-state index is 12.0. The first kappa shape index (κ1) is 16.4. The number of ether oxygens (including phenoxy) is 2. The Kier molecular flexibility index (Phi) is 4.73. The van der Waals surface area contributed by atoms with Gasteiger partial charge in [0.05, 0.1) is 12.2 Å². The maximum Gasteiger partial charge on any atom is 0.337 e. The zero-order valence-electron chi connectivity index (χ0n) is 13.0. The van der Waals surface area contributed by atoms with Crippen molar-refractivity contribution in [3.8, 4) is 0 Å². The van der Waals surface area contributed by atoms with Gasteiger partial charge in [-0.2, -0.15) is 0 Å². The number of aliphatic imine (C=N–C) groups is 1. The Morgan fingerprint density at radius 3 is 1.85 bits per heavy atom. The van der Waals surface area contributed by atoms with Gasteiger partial charge in [-0.25, -0.2) is 4.79 Å². The number of carbonyl (C=O) groups is 2. The van der Waals surface area contributed by atoms with Crippen molar-refractivity contribution < 1.29 is 19.1 Å². The van der Waals surface area contributed by atoms with E-state index in [0.717, 1.165) is 0 Å². The summed E-state index contributed by atoms with van der Waals surface area (Å²) in [5.41, 5.74) is -2.02. The van der Waals surface area contributed by atoms with Crippen molar-refractivity contribution in [2.45, 2.75) is 59.3 Å². The standard InChI is InChI=1S/C15H23NO4/c1-10(2)19-12(17)14(5)7-8-15(6,16-9-14)13(18)20-11(3)4/h7-11H,1-6H3/t14-,15-/m1/s1. The van der Waals surface area contributed by atoms with Gasteiger partial charge in [0.15, 0.2) is 5.54 Å². The van der Waals surface area contributed by atoms with E-state index in [1.165, 1.54) is 6.21 Å². The molecule has 0 unspecified atom stereocenters. The van der Waals surface area contributed by atoms with Gasteiger partial charge < -0.3 is 9.47 Å². The molecule has 2 atom stereocenters. The predicted molar refractivity (Wildman–Crippen MR) is 76.6 cm³/mol. The third-order valence-corrected chi connectivity index (χ3v) is 2.89. The Labute approximate surface area is 120 Å². The Balaban J connectivity index is 2.86. The number of hydrogen-bond donors (Lipinski definition) is 0. The molecule has 1 aliphatic rings. The number of carbonyl (C=O) groups excluding carboxylic acids is 2. The van der Waals surface area contributed by atoms with E-state index in [-0.39, 0.29) is 18.2 Å². The molecule has 1 heterocycles. The van der Waals surface area contributed by atoms with Crippen molar-refractivity contribution in [3.63, 3.8) is 0 Å². The second-order valence-electron chi connectivity index (χ2n) is 5.93. The molecule has 0 saturated heterocycles. The molecule has 5 heteroatoms. The summed E-state index contributed by atoms with van der Waals surface area (Å²) in [5, 5.41) is 0. The number of hydrogen-bond acceptors (Lipinski definition) is 5. The first-order valence-corrected chi connectivity index (χ1v) is 6.78. The third kappa shape index (κ3) is 3.68. The summed E-state index contributed by atoms with van der Waals surface area (Å²) < 4.78 is 10.4. The molecule has 0 aromatic carbocycles. The van der Waals surface area contributed by atoms with Gasteiger partial charge in [0, 0.05) is 6.21 Å². The summed E-state index contributed by atoms with van der Waals surface area (Å²) in [6.45, 7) is 10.5. The van der Waals surface area contributed by atoms with E-state index >= 15 is 0 Å². The molecule has 1 aliphatic heterocycles. The van der Waals surface area contributed by atoms with Gasteiger partial charge in [0.2, 0.25) is 0 Å². The van der Waals surface area contributed by atoms with E-state index in [1.54, 1.807) is 53.7 Å². The summed E-state index contributed by atoms with van der Waals surface area (Å²) in [6.07, 6.45) is 4.30. The second-order valence-corrected chi connectivity index (χ2v) is 5.93. The van der Waals surface area contributed by atoms with Crippen LogP contribution in [0.3, 0.4) is 0 Å². The van der Waals surface area contributed by atoms with Gasteiger partial charge in [-0.05, 0) is 47.6 Å². The molecule has 0 amide bonds. The monoisotopic (exact) mass is 281 g/mol. The molecule has 0 bridgehead atoms. The minimum atomic E-state index is -1.08. The van der Waals surface area contributed by atoms with Gasteiger partial charge in [-0.3, -0.25) is 9.79 Å². The van der Waals surface area contributed by atoms with Crippen LogP contribution in [0.4, 0.5) is 0 Å². The van der Waals surface area contributed by atoms with Gasteiger partial charge in [-0.1, -0.05) is 6.08 Å². The lowest BCUT2D eigenvalue weighted by molar-refractivity contribution is -0.154. The Morgan fingerprint density at radius 2 is 1.45 bits per heavy atom. The largest absolute Gasteiger partial charge is 0.462 e. The van der Waals surface area contributed by atoms with Crippen molar-refractivity contribution in [1.82, 2.24) is 0 Å². The zero-order chi connectivity index (χ0) is 15.6. The molecule has 5 nitrogen and oxygen atoms in total. The fourth-order valence-electron chi connectivity index (χ4n) is 1.61. The van der Waals surface area contributed by atoms with Crippen molar-refractivity contribution in [2.75, 3.05) is 0 Å². The highest BCUT2D eigenvalue weighted by Gasteiger charge is 2.40. The third-order valence-electron chi connectivity index (χ3n) is 2.89. The van der Waals surface area contributed by atoms with Crippen LogP contribution in [0.1, 0.15) is 41.5 Å². The van der Waals surface area contributed by atoms with Crippen LogP contribution >= 0.6 is 0 Å². The predicted octanol–water partition coefficient (Wildman–Crippen LogP) is 2.30. The van der Waals surface area contributed by atoms with Crippen molar-refractivity contribution in [2.24, 2.45) is 10.4 Å². The van der Waals surface area contributed by atoms with Crippen LogP contribution in [0.15, 0.2) is 17.1 Å². The smallest absolute Gasteiger partial charge is 0.337 e. The number of rotatable bonds is 4. The van der Waals surface area contributed by atoms with Gasteiger partial charge in [-0.15, -0.1) is 0 Å². The molecule has 1 rings (SSSR count). The zero-order valence-corrected chi connectivity index (χ0v) is 13.0. The number of dihydropyridines is 1. The van der Waals surface area contributed by atoms with E-state index in [1.807, 2.05) is 0 Å². The quantitative estimate of drug-likeness (QED) is 0.586. The maximum absolute atomic E-state index is 12.0. The first-order valence-electron chi connectivity index (χ1n) is 6.78. The average molecular weight is 281 g/mol. The molecule has 112 valence electrons. The Hall–Kier alpha value is -1.65. The molecule has 0 radical (unpaired) electrons. The first-order chi connectivity index (χ1) is 9.09. The summed E-state index contributed by atoms with van der Waals surface area (Å²) in [4.78, 5) is 28.2. The fourth-order valence-corrected chi connectivity index (χ4v) is 1.61. The normalized spacial score (nSPS) is 28.8. The Morgan fingerprint density at radius 1 is 0.950 bits per heavy atom. The molecule has 0 N–H and O–H groups in total. The SMILES string of the molecule is CC(C)OC(=O)[C@]1(C)C=C[C@](C)(C(=O)OC(C)C)N=C1. The van der Waals surface area contributed by atoms with Crippen LogP contribution < -0.4 is 0 Å². The molecule has 0 spiro atoms. The summed E-state index contributed by atoms with van der Waals surface area (Å²) >= 11 is 0. The highest BCUT2D eigenvalue weighted by atomic mass is 16.5. The van der Waals surface area contributed by atoms with Crippen molar-refractivity contribution in [3.05, 3.63) is 12.2 Å². The molecule has 0 aromatic heterocycles. The highest BCUT2D eigenvalue weighted by Crippen LogP contribution is 2.29. The van der Waals surface area contributed by atoms with Crippen LogP contribution in [-0.2, 0) is 19.1 Å². The summed E-state index contributed by atoms with van der Waals surface area (Å²) in [7, 11) is 0. The van der Waals surface area contributed by atoms with Crippen LogP contribution in [0.5, 0.6) is 0 Å². The lowest BCUT2D eigenvalue weighted by Crippen LogP contribution is -2.41. The van der Waals surface area contributed by atoms with Gasteiger partial charge in [0.25, 0.3) is 0 Å². The topological polar surface area (TPSA) is 65.0 Å². The van der Waals surface area contributed by atoms with Crippen molar-refractivity contribution in [1.29, 1.82) is 0 Å². The Bertz CT molecular complexity index is 395. The van der Waals surface area contributed by atoms with Crippen molar-refractivity contribution >= 4 is 18.2 Å². The van der Waals surface area contributed by atoms with Crippen LogP contribution in [0.2, 0.25) is 0 Å². The van der Waals surface area contributed by atoms with E-state index in [4.69, 9.17) is 9.47 Å². The highest BCUT2D eigenvalue weighted by molar-refractivity contribution is 6.00. The molecule has 0 fully saturated rings. The molecular formula is C15H23NO4. The molecule has 0 aromatic rings. The average Bonchev–Trinajstić information content (AvgIpc) is 2.31. The number of nitrogens with zero attached hydrogens (tertiary/aromatic N) is 1. The summed E-state index contributed by atoms with van der Waals surface area (Å²) in [6, 6.07) is 0. The van der Waals surface area contributed by atoms with E-state index in [2.05, 4.69) is 4.99 Å². The summed E-state index contributed by atoms with van der Waals surface area (Å²) in [5.74, 6) is -0.814. The van der Waals surface area contributed by atoms with Crippen LogP contribution in [-0.4, -0.2) is 35.9 Å². The second kappa shape index (κ2) is 5.77. The molecule has 0 saturated carbocycles. The van der Waals surface area contributed by atoms with Crippen LogP contribution in [0, 0.1) is 5.41 Å². The minimum Gasteiger partial charge on any atom is -0.462 e. The van der Waals surface area contributed by atoms with E-state index in [9.17, 15) is 9.59 Å². The van der Waals surface area contributed by atoms with Gasteiger partial charge in [0.1, 0.15) is 5.41 Å². The van der Waals surface area contributed by atoms with Crippen LogP contribution in [0.25, 0.3) is 0 Å². The minimum absolute atomic E-state index is 0.194. The lowest BCUT2D eigenvalue weighted by Gasteiger charge is -2.29. The fraction of sp³-hybridized carbons (Fsp3) is 0.667. The molecule has 0 aliphatic carbocycles. The lowest BCUT2D eigenvalue weighted by atomic mass is 9.85.